The predicted molar refractivity (Wildman–Crippen MR) is 86.2 cm³/mol. The average Bonchev–Trinajstić information content (AvgIpc) is 2.47. The van der Waals surface area contributed by atoms with Gasteiger partial charge in [0.1, 0.15) is 17.1 Å². The first kappa shape index (κ1) is 17.3. The minimum Gasteiger partial charge on any atom is -0.487 e. The summed E-state index contributed by atoms with van der Waals surface area (Å²) in [5.74, 6) is 0.287. The molecule has 1 aliphatic rings. The normalized spacial score (nSPS) is 19.7. The third-order valence-corrected chi connectivity index (χ3v) is 4.68. The number of ether oxygens (including phenoxy) is 2. The molecule has 1 heterocycles. The molecular weight excluding hydrogens is 296 g/mol. The maximum atomic E-state index is 11.3. The first-order valence-corrected chi connectivity index (χ1v) is 7.86. The smallest absolute Gasteiger partial charge is 0.308 e. The summed E-state index contributed by atoms with van der Waals surface area (Å²) in [5, 5.41) is 8.91. The van der Waals surface area contributed by atoms with E-state index in [0.717, 1.165) is 40.8 Å². The molecule has 5 nitrogen and oxygen atoms in total. The van der Waals surface area contributed by atoms with Crippen LogP contribution in [0.15, 0.2) is 0 Å². The van der Waals surface area contributed by atoms with Gasteiger partial charge < -0.3 is 14.6 Å². The van der Waals surface area contributed by atoms with E-state index in [1.165, 1.54) is 6.92 Å². The van der Waals surface area contributed by atoms with Crippen LogP contribution < -0.4 is 9.47 Å². The monoisotopic (exact) mass is 320 g/mol. The Morgan fingerprint density at radius 2 is 1.87 bits per heavy atom. The molecule has 1 aromatic rings. The molecule has 0 unspecified atom stereocenters. The summed E-state index contributed by atoms with van der Waals surface area (Å²) < 4.78 is 11.6. The van der Waals surface area contributed by atoms with Gasteiger partial charge in [0.15, 0.2) is 0 Å². The third kappa shape index (κ3) is 3.49. The topological polar surface area (TPSA) is 72.8 Å². The predicted octanol–water partition coefficient (Wildman–Crippen LogP) is 3.49. The number of aliphatic carboxylic acids is 1. The molecule has 23 heavy (non-hydrogen) atoms. The Morgan fingerprint density at radius 3 is 2.43 bits per heavy atom. The summed E-state index contributed by atoms with van der Waals surface area (Å²) in [6.45, 7) is 9.15. The molecule has 0 bridgehead atoms. The molecule has 5 heteroatoms. The van der Waals surface area contributed by atoms with E-state index in [2.05, 4.69) is 0 Å². The molecule has 1 aromatic carbocycles. The lowest BCUT2D eigenvalue weighted by Gasteiger charge is -2.38. The van der Waals surface area contributed by atoms with Crippen molar-refractivity contribution in [2.24, 2.45) is 0 Å². The van der Waals surface area contributed by atoms with Gasteiger partial charge in [-0.2, -0.15) is 0 Å². The average molecular weight is 320 g/mol. The second-order valence-electron chi connectivity index (χ2n) is 6.55. The fourth-order valence-electron chi connectivity index (χ4n) is 3.13. The fourth-order valence-corrected chi connectivity index (χ4v) is 3.13. The number of hydrogen-bond donors (Lipinski definition) is 1. The SMILES string of the molecule is CC(=O)Oc1c(C)c(C)c2c(c1C)CC[C@@](C)(CCC(=O)O)O2. The van der Waals surface area contributed by atoms with Gasteiger partial charge in [0.25, 0.3) is 0 Å². The van der Waals surface area contributed by atoms with Gasteiger partial charge in [-0.3, -0.25) is 9.59 Å². The van der Waals surface area contributed by atoms with Crippen molar-refractivity contribution in [1.82, 2.24) is 0 Å². The molecule has 0 aliphatic carbocycles. The van der Waals surface area contributed by atoms with E-state index in [9.17, 15) is 9.59 Å². The summed E-state index contributed by atoms with van der Waals surface area (Å²) in [6.07, 6.45) is 2.10. The number of carbonyl (C=O) groups excluding carboxylic acids is 1. The minimum atomic E-state index is -0.810. The van der Waals surface area contributed by atoms with Crippen molar-refractivity contribution in [2.45, 2.75) is 65.9 Å². The van der Waals surface area contributed by atoms with Crippen LogP contribution in [0.1, 0.15) is 55.4 Å². The number of carboxylic acid groups (broad SMARTS) is 1. The Morgan fingerprint density at radius 1 is 1.22 bits per heavy atom. The van der Waals surface area contributed by atoms with Gasteiger partial charge in [-0.1, -0.05) is 0 Å². The number of esters is 1. The van der Waals surface area contributed by atoms with E-state index in [1.54, 1.807) is 0 Å². The maximum Gasteiger partial charge on any atom is 0.308 e. The van der Waals surface area contributed by atoms with Crippen molar-refractivity contribution >= 4 is 11.9 Å². The Hall–Kier alpha value is -2.04. The second kappa shape index (κ2) is 6.22. The molecule has 126 valence electrons. The molecule has 2 rings (SSSR count). The summed E-state index contributed by atoms with van der Waals surface area (Å²) >= 11 is 0. The summed E-state index contributed by atoms with van der Waals surface area (Å²) in [7, 11) is 0. The van der Waals surface area contributed by atoms with Crippen LogP contribution in [0.4, 0.5) is 0 Å². The Bertz CT molecular complexity index is 662. The molecule has 0 saturated heterocycles. The molecule has 0 saturated carbocycles. The summed E-state index contributed by atoms with van der Waals surface area (Å²) in [6, 6.07) is 0. The van der Waals surface area contributed by atoms with Gasteiger partial charge in [0, 0.05) is 18.9 Å². The molecule has 0 amide bonds. The Balaban J connectivity index is 2.41. The van der Waals surface area contributed by atoms with Gasteiger partial charge in [-0.05, 0) is 63.6 Å². The number of fused-ring (bicyclic) bond motifs is 1. The summed E-state index contributed by atoms with van der Waals surface area (Å²) in [5.41, 5.74) is 3.34. The second-order valence-corrected chi connectivity index (χ2v) is 6.55. The number of hydrogen-bond acceptors (Lipinski definition) is 4. The zero-order chi connectivity index (χ0) is 17.4. The largest absolute Gasteiger partial charge is 0.487 e. The van der Waals surface area contributed by atoms with Crippen molar-refractivity contribution in [1.29, 1.82) is 0 Å². The van der Waals surface area contributed by atoms with Crippen LogP contribution >= 0.6 is 0 Å². The van der Waals surface area contributed by atoms with Gasteiger partial charge in [0.2, 0.25) is 0 Å². The molecule has 0 fully saturated rings. The highest BCUT2D eigenvalue weighted by Gasteiger charge is 2.35. The van der Waals surface area contributed by atoms with Crippen molar-refractivity contribution in [3.63, 3.8) is 0 Å². The highest BCUT2D eigenvalue weighted by Crippen LogP contribution is 2.44. The molecule has 1 N–H and O–H groups in total. The lowest BCUT2D eigenvalue weighted by molar-refractivity contribution is -0.138. The van der Waals surface area contributed by atoms with Crippen LogP contribution in [0, 0.1) is 20.8 Å². The van der Waals surface area contributed by atoms with Crippen LogP contribution in [0.5, 0.6) is 11.5 Å². The third-order valence-electron chi connectivity index (χ3n) is 4.68. The standard InChI is InChI=1S/C18H24O5/c1-10-11(2)17-14(12(3)16(10)22-13(4)19)6-8-18(5,23-17)9-7-15(20)21/h6-9H2,1-5H3,(H,20,21)/t18-/m0/s1. The lowest BCUT2D eigenvalue weighted by Crippen LogP contribution is -2.37. The summed E-state index contributed by atoms with van der Waals surface area (Å²) in [4.78, 5) is 22.2. The van der Waals surface area contributed by atoms with Crippen LogP contribution in [0.25, 0.3) is 0 Å². The van der Waals surface area contributed by atoms with E-state index in [0.29, 0.717) is 12.2 Å². The Kier molecular flexibility index (Phi) is 4.68. The first-order chi connectivity index (χ1) is 10.6. The number of carboxylic acids is 1. The van der Waals surface area contributed by atoms with Crippen LogP contribution in [0.3, 0.4) is 0 Å². The van der Waals surface area contributed by atoms with Gasteiger partial charge in [-0.15, -0.1) is 0 Å². The number of carbonyl (C=O) groups is 2. The highest BCUT2D eigenvalue weighted by molar-refractivity contribution is 5.72. The fraction of sp³-hybridized carbons (Fsp3) is 0.556. The van der Waals surface area contributed by atoms with Gasteiger partial charge in [-0.25, -0.2) is 0 Å². The van der Waals surface area contributed by atoms with Crippen molar-refractivity contribution in [3.8, 4) is 11.5 Å². The lowest BCUT2D eigenvalue weighted by atomic mass is 9.85. The molecule has 0 aromatic heterocycles. The van der Waals surface area contributed by atoms with Crippen molar-refractivity contribution < 1.29 is 24.2 Å². The quantitative estimate of drug-likeness (QED) is 0.679. The zero-order valence-corrected chi connectivity index (χ0v) is 14.4. The Labute approximate surface area is 136 Å². The van der Waals surface area contributed by atoms with Crippen LogP contribution in [0.2, 0.25) is 0 Å². The van der Waals surface area contributed by atoms with E-state index < -0.39 is 11.6 Å². The molecule has 1 atom stereocenters. The van der Waals surface area contributed by atoms with Crippen molar-refractivity contribution in [2.75, 3.05) is 0 Å². The van der Waals surface area contributed by atoms with Crippen LogP contribution in [-0.2, 0) is 16.0 Å². The van der Waals surface area contributed by atoms with Gasteiger partial charge in [0.05, 0.1) is 0 Å². The highest BCUT2D eigenvalue weighted by atomic mass is 16.5. The van der Waals surface area contributed by atoms with Crippen LogP contribution in [-0.4, -0.2) is 22.6 Å². The van der Waals surface area contributed by atoms with E-state index >= 15 is 0 Å². The van der Waals surface area contributed by atoms with Crippen molar-refractivity contribution in [3.05, 3.63) is 22.3 Å². The zero-order valence-electron chi connectivity index (χ0n) is 14.4. The minimum absolute atomic E-state index is 0.0916. The van der Waals surface area contributed by atoms with E-state index in [4.69, 9.17) is 14.6 Å². The molecule has 0 radical (unpaired) electrons. The molecule has 0 spiro atoms. The number of benzene rings is 1. The number of rotatable bonds is 4. The van der Waals surface area contributed by atoms with E-state index in [1.807, 2.05) is 27.7 Å². The molecular formula is C18H24O5. The maximum absolute atomic E-state index is 11.3. The molecule has 1 aliphatic heterocycles. The van der Waals surface area contributed by atoms with E-state index in [-0.39, 0.29) is 12.4 Å². The van der Waals surface area contributed by atoms with Gasteiger partial charge >= 0.3 is 11.9 Å². The first-order valence-electron chi connectivity index (χ1n) is 7.86.